The Hall–Kier alpha value is -3.15. The van der Waals surface area contributed by atoms with E-state index >= 15 is 0 Å². The summed E-state index contributed by atoms with van der Waals surface area (Å²) in [6.07, 6.45) is 1.03. The first kappa shape index (κ1) is 28.1. The Morgan fingerprint density at radius 3 is 2.29 bits per heavy atom. The molecule has 1 atom stereocenters. The van der Waals surface area contributed by atoms with Crippen molar-refractivity contribution in [1.29, 1.82) is 0 Å². The Balaban J connectivity index is 0.00000432. The zero-order valence-electron chi connectivity index (χ0n) is 20.0. The van der Waals surface area contributed by atoms with Crippen molar-refractivity contribution in [2.24, 2.45) is 0 Å². The fraction of sp³-hybridized carbons (Fsp3) is 0.348. The summed E-state index contributed by atoms with van der Waals surface area (Å²) in [5.74, 6) is -1.44. The largest absolute Gasteiger partial charge is 0.493 e. The number of fused-ring (bicyclic) bond motifs is 1. The van der Waals surface area contributed by atoms with E-state index in [-0.39, 0.29) is 41.7 Å². The van der Waals surface area contributed by atoms with Crippen molar-refractivity contribution in [1.82, 2.24) is 9.80 Å². The molecule has 1 aliphatic heterocycles. The van der Waals surface area contributed by atoms with Gasteiger partial charge in [0.25, 0.3) is 11.8 Å². The molecule has 1 aliphatic rings. The lowest BCUT2D eigenvalue weighted by Gasteiger charge is -2.26. The molecule has 12 heteroatoms. The molecule has 2 aromatic carbocycles. The number of sulfone groups is 1. The molecule has 3 amide bonds. The summed E-state index contributed by atoms with van der Waals surface area (Å²) in [4.78, 5) is 41.7. The standard InChI is InChI=1S/C23H27N3O7S.ClH/c1-25(2)12-20(27)24-16-8-6-7-15-21(16)23(29)26(22(15)28)17(13-34(5,30)31)14-9-10-18(32-3)19(11-14)33-4;/h6-11,17H,12-13H2,1-5H3,(H,24,27);1H. The molecule has 0 bridgehead atoms. The first-order chi connectivity index (χ1) is 16.0. The molecular formula is C23H28ClN3O7S. The highest BCUT2D eigenvalue weighted by atomic mass is 35.5. The third-order valence-corrected chi connectivity index (χ3v) is 6.17. The van der Waals surface area contributed by atoms with Gasteiger partial charge in [0, 0.05) is 6.26 Å². The van der Waals surface area contributed by atoms with Crippen molar-refractivity contribution in [2.45, 2.75) is 6.04 Å². The van der Waals surface area contributed by atoms with Gasteiger partial charge in [0.05, 0.1) is 49.4 Å². The van der Waals surface area contributed by atoms with Crippen LogP contribution in [0.4, 0.5) is 5.69 Å². The molecule has 1 heterocycles. The van der Waals surface area contributed by atoms with E-state index < -0.39 is 33.4 Å². The number of anilines is 1. The number of amides is 3. The van der Waals surface area contributed by atoms with Gasteiger partial charge < -0.3 is 19.7 Å². The summed E-state index contributed by atoms with van der Waals surface area (Å²) in [5, 5.41) is 2.67. The van der Waals surface area contributed by atoms with Crippen LogP contribution >= 0.6 is 12.4 Å². The van der Waals surface area contributed by atoms with Crippen LogP contribution < -0.4 is 14.8 Å². The average molecular weight is 526 g/mol. The van der Waals surface area contributed by atoms with Gasteiger partial charge in [0.15, 0.2) is 11.5 Å². The van der Waals surface area contributed by atoms with Gasteiger partial charge in [0.1, 0.15) is 9.84 Å². The summed E-state index contributed by atoms with van der Waals surface area (Å²) in [6.45, 7) is 0.0812. The molecule has 0 aliphatic carbocycles. The maximum atomic E-state index is 13.5. The van der Waals surface area contributed by atoms with E-state index in [1.165, 1.54) is 32.4 Å². The van der Waals surface area contributed by atoms with Crippen molar-refractivity contribution in [3.63, 3.8) is 0 Å². The lowest BCUT2D eigenvalue weighted by Crippen LogP contribution is -2.38. The number of rotatable bonds is 9. The van der Waals surface area contributed by atoms with Crippen molar-refractivity contribution in [3.05, 3.63) is 53.1 Å². The number of hydrogen-bond donors (Lipinski definition) is 1. The van der Waals surface area contributed by atoms with Crippen LogP contribution in [0.2, 0.25) is 0 Å². The van der Waals surface area contributed by atoms with Crippen molar-refractivity contribution in [3.8, 4) is 11.5 Å². The number of ether oxygens (including phenoxy) is 2. The van der Waals surface area contributed by atoms with Crippen LogP contribution in [0.1, 0.15) is 32.3 Å². The van der Waals surface area contributed by atoms with Gasteiger partial charge >= 0.3 is 0 Å². The minimum atomic E-state index is -3.61. The van der Waals surface area contributed by atoms with Gasteiger partial charge in [-0.05, 0) is 43.9 Å². The molecule has 1 N–H and O–H groups in total. The van der Waals surface area contributed by atoms with Crippen LogP contribution in [-0.4, -0.2) is 82.8 Å². The normalized spacial score (nSPS) is 13.8. The lowest BCUT2D eigenvalue weighted by molar-refractivity contribution is -0.116. The van der Waals surface area contributed by atoms with E-state index in [1.54, 1.807) is 37.2 Å². The highest BCUT2D eigenvalue weighted by Crippen LogP contribution is 2.38. The number of hydrogen-bond acceptors (Lipinski definition) is 8. The second-order valence-electron chi connectivity index (χ2n) is 8.22. The number of methoxy groups -OCH3 is 2. The average Bonchev–Trinajstić information content (AvgIpc) is 3.01. The predicted octanol–water partition coefficient (Wildman–Crippen LogP) is 2.01. The van der Waals surface area contributed by atoms with Gasteiger partial charge in [-0.1, -0.05) is 12.1 Å². The lowest BCUT2D eigenvalue weighted by atomic mass is 10.1. The SMILES string of the molecule is COc1ccc(C(CS(C)(=O)=O)N2C(=O)c3cccc(NC(=O)CN(C)C)c3C2=O)cc1OC.Cl. The van der Waals surface area contributed by atoms with Crippen LogP contribution in [-0.2, 0) is 14.6 Å². The number of imide groups is 1. The summed E-state index contributed by atoms with van der Waals surface area (Å²) >= 11 is 0. The highest BCUT2D eigenvalue weighted by molar-refractivity contribution is 7.90. The highest BCUT2D eigenvalue weighted by Gasteiger charge is 2.43. The molecule has 10 nitrogen and oxygen atoms in total. The number of benzene rings is 2. The fourth-order valence-electron chi connectivity index (χ4n) is 3.83. The van der Waals surface area contributed by atoms with Crippen LogP contribution in [0.15, 0.2) is 36.4 Å². The molecule has 0 aromatic heterocycles. The summed E-state index contributed by atoms with van der Waals surface area (Å²) in [5.41, 5.74) is 0.691. The van der Waals surface area contributed by atoms with Gasteiger partial charge in [-0.3, -0.25) is 19.3 Å². The van der Waals surface area contributed by atoms with Crippen LogP contribution in [0.3, 0.4) is 0 Å². The van der Waals surface area contributed by atoms with Crippen LogP contribution in [0.5, 0.6) is 11.5 Å². The second kappa shape index (κ2) is 11.1. The Morgan fingerprint density at radius 1 is 1.06 bits per heavy atom. The zero-order valence-corrected chi connectivity index (χ0v) is 21.7. The molecule has 0 radical (unpaired) electrons. The van der Waals surface area contributed by atoms with Crippen molar-refractivity contribution < 1.29 is 32.3 Å². The molecule has 35 heavy (non-hydrogen) atoms. The maximum Gasteiger partial charge on any atom is 0.264 e. The monoisotopic (exact) mass is 525 g/mol. The first-order valence-corrected chi connectivity index (χ1v) is 12.4. The molecular weight excluding hydrogens is 498 g/mol. The van der Waals surface area contributed by atoms with Gasteiger partial charge in [0.2, 0.25) is 5.91 Å². The van der Waals surface area contributed by atoms with E-state index in [2.05, 4.69) is 5.32 Å². The van der Waals surface area contributed by atoms with Crippen molar-refractivity contribution >= 4 is 45.7 Å². The number of carbonyl (C=O) groups is 3. The summed E-state index contributed by atoms with van der Waals surface area (Å²) in [6, 6.07) is 8.15. The fourth-order valence-corrected chi connectivity index (χ4v) is 4.75. The van der Waals surface area contributed by atoms with E-state index in [0.29, 0.717) is 17.1 Å². The molecule has 0 saturated heterocycles. The van der Waals surface area contributed by atoms with Gasteiger partial charge in [-0.15, -0.1) is 12.4 Å². The van der Waals surface area contributed by atoms with Crippen molar-refractivity contribution in [2.75, 3.05) is 52.2 Å². The molecule has 190 valence electrons. The van der Waals surface area contributed by atoms with Gasteiger partial charge in [-0.2, -0.15) is 0 Å². The topological polar surface area (TPSA) is 122 Å². The van der Waals surface area contributed by atoms with E-state index in [9.17, 15) is 22.8 Å². The molecule has 2 aromatic rings. The Morgan fingerprint density at radius 2 is 1.71 bits per heavy atom. The summed E-state index contributed by atoms with van der Waals surface area (Å²) in [7, 11) is 2.73. The Labute approximate surface area is 210 Å². The quantitative estimate of drug-likeness (QED) is 0.493. The number of halogens is 1. The smallest absolute Gasteiger partial charge is 0.264 e. The Bertz CT molecular complexity index is 1250. The van der Waals surface area contributed by atoms with Gasteiger partial charge in [-0.25, -0.2) is 8.42 Å². The van der Waals surface area contributed by atoms with Crippen LogP contribution in [0, 0.1) is 0 Å². The predicted molar refractivity (Wildman–Crippen MR) is 133 cm³/mol. The number of likely N-dealkylation sites (N-methyl/N-ethyl adjacent to an activating group) is 1. The van der Waals surface area contributed by atoms with E-state index in [4.69, 9.17) is 9.47 Å². The molecule has 0 spiro atoms. The molecule has 3 rings (SSSR count). The number of nitrogens with zero attached hydrogens (tertiary/aromatic N) is 2. The third-order valence-electron chi connectivity index (χ3n) is 5.24. The van der Waals surface area contributed by atoms with Crippen LogP contribution in [0.25, 0.3) is 0 Å². The first-order valence-electron chi connectivity index (χ1n) is 10.3. The molecule has 0 fully saturated rings. The van der Waals surface area contributed by atoms with E-state index in [0.717, 1.165) is 11.2 Å². The third kappa shape index (κ3) is 6.11. The minimum Gasteiger partial charge on any atom is -0.493 e. The Kier molecular flexibility index (Phi) is 8.88. The molecule has 0 saturated carbocycles. The number of nitrogens with one attached hydrogen (secondary N) is 1. The molecule has 1 unspecified atom stereocenters. The van der Waals surface area contributed by atoms with E-state index in [1.807, 2.05) is 0 Å². The maximum absolute atomic E-state index is 13.5. The zero-order chi connectivity index (χ0) is 25.2. The number of carbonyl (C=O) groups excluding carboxylic acids is 3. The summed E-state index contributed by atoms with van der Waals surface area (Å²) < 4.78 is 35.1. The minimum absolute atomic E-state index is 0. The second-order valence-corrected chi connectivity index (χ2v) is 10.4.